The van der Waals surface area contributed by atoms with Crippen LogP contribution in [-0.2, 0) is 19.4 Å². The molecule has 1 aromatic rings. The lowest BCUT2D eigenvalue weighted by molar-refractivity contribution is -0.113. The molecular weight excluding hydrogens is 299 g/mol. The molecule has 3 N–H and O–H groups in total. The van der Waals surface area contributed by atoms with Gasteiger partial charge in [0.2, 0.25) is 5.91 Å². The molecule has 8 heteroatoms. The third kappa shape index (κ3) is 4.15. The number of benzene rings is 1. The van der Waals surface area contributed by atoms with Crippen molar-refractivity contribution >= 4 is 27.1 Å². The maximum atomic E-state index is 13.5. The molecule has 1 aliphatic rings. The number of sulfone groups is 1. The van der Waals surface area contributed by atoms with E-state index < -0.39 is 32.6 Å². The number of hydrogen-bond donors (Lipinski definition) is 2. The topological polar surface area (TPSA) is 98.5 Å². The van der Waals surface area contributed by atoms with Crippen molar-refractivity contribution in [2.45, 2.75) is 18.1 Å². The number of nitrogens with two attached hydrogens (primary N) is 1. The second kappa shape index (κ2) is 6.40. The van der Waals surface area contributed by atoms with Gasteiger partial charge in [-0.1, -0.05) is 0 Å². The van der Waals surface area contributed by atoms with Crippen molar-refractivity contribution in [2.75, 3.05) is 30.0 Å². The van der Waals surface area contributed by atoms with Gasteiger partial charge in [0.25, 0.3) is 0 Å². The minimum Gasteiger partial charge on any atom is -0.399 e. The fraction of sp³-hybridized carbons (Fsp3) is 0.462. The first-order chi connectivity index (χ1) is 9.88. The second-order valence-electron chi connectivity index (χ2n) is 4.91. The van der Waals surface area contributed by atoms with E-state index in [9.17, 15) is 17.6 Å². The summed E-state index contributed by atoms with van der Waals surface area (Å²) in [7, 11) is -3.57. The minimum atomic E-state index is -3.57. The third-order valence-electron chi connectivity index (χ3n) is 3.27. The number of ether oxygens (including phenoxy) is 1. The Morgan fingerprint density at radius 3 is 2.71 bits per heavy atom. The lowest BCUT2D eigenvalue weighted by Crippen LogP contribution is -2.35. The summed E-state index contributed by atoms with van der Waals surface area (Å²) in [4.78, 5) is 11.8. The van der Waals surface area contributed by atoms with Crippen LogP contribution < -0.4 is 11.1 Å². The van der Waals surface area contributed by atoms with Crippen molar-refractivity contribution in [2.24, 2.45) is 0 Å². The number of anilines is 2. The molecule has 0 aliphatic carbocycles. The van der Waals surface area contributed by atoms with Gasteiger partial charge in [0.1, 0.15) is 11.6 Å². The molecule has 0 atom stereocenters. The van der Waals surface area contributed by atoms with Crippen LogP contribution in [-0.4, -0.2) is 38.5 Å². The molecule has 1 fully saturated rings. The number of halogens is 1. The number of nitrogen functional groups attached to an aromatic ring is 1. The normalized spacial score (nSPS) is 16.6. The van der Waals surface area contributed by atoms with Gasteiger partial charge in [0.05, 0.1) is 10.9 Å². The number of amides is 1. The zero-order valence-corrected chi connectivity index (χ0v) is 12.2. The molecule has 1 heterocycles. The highest BCUT2D eigenvalue weighted by Crippen LogP contribution is 2.19. The highest BCUT2D eigenvalue weighted by Gasteiger charge is 2.30. The van der Waals surface area contributed by atoms with E-state index in [1.165, 1.54) is 12.1 Å². The molecule has 0 aromatic heterocycles. The van der Waals surface area contributed by atoms with Crippen LogP contribution in [0.25, 0.3) is 0 Å². The molecule has 116 valence electrons. The van der Waals surface area contributed by atoms with Crippen LogP contribution >= 0.6 is 0 Å². The molecule has 0 bridgehead atoms. The monoisotopic (exact) mass is 316 g/mol. The second-order valence-corrected chi connectivity index (χ2v) is 7.19. The molecule has 1 aliphatic heterocycles. The number of carbonyl (C=O) groups excluding carboxylic acids is 1. The van der Waals surface area contributed by atoms with Gasteiger partial charge >= 0.3 is 0 Å². The summed E-state index contributed by atoms with van der Waals surface area (Å²) < 4.78 is 42.8. The van der Waals surface area contributed by atoms with Crippen LogP contribution in [0.1, 0.15) is 12.8 Å². The first-order valence-electron chi connectivity index (χ1n) is 6.52. The zero-order chi connectivity index (χ0) is 15.5. The van der Waals surface area contributed by atoms with E-state index in [-0.39, 0.29) is 11.4 Å². The standard InChI is InChI=1S/C13H17FN2O4S/c14-11-2-1-9(15)7-12(11)16-13(17)8-21(18,19)10-3-5-20-6-4-10/h1-2,7,10H,3-6,8,15H2,(H,16,17). The molecule has 0 saturated carbocycles. The summed E-state index contributed by atoms with van der Waals surface area (Å²) in [6, 6.07) is 3.70. The van der Waals surface area contributed by atoms with Crippen molar-refractivity contribution in [3.05, 3.63) is 24.0 Å². The summed E-state index contributed by atoms with van der Waals surface area (Å²) in [5, 5.41) is 1.66. The molecule has 0 radical (unpaired) electrons. The van der Waals surface area contributed by atoms with E-state index in [1.807, 2.05) is 0 Å². The fourth-order valence-electron chi connectivity index (χ4n) is 2.16. The summed E-state index contributed by atoms with van der Waals surface area (Å²) in [5.41, 5.74) is 5.65. The Hall–Kier alpha value is -1.67. The van der Waals surface area contributed by atoms with Crippen molar-refractivity contribution < 1.29 is 22.3 Å². The predicted molar refractivity (Wildman–Crippen MR) is 77.1 cm³/mol. The van der Waals surface area contributed by atoms with E-state index >= 15 is 0 Å². The summed E-state index contributed by atoms with van der Waals surface area (Å²) in [6.07, 6.45) is 0.754. The van der Waals surface area contributed by atoms with E-state index in [2.05, 4.69) is 5.32 Å². The van der Waals surface area contributed by atoms with Crippen LogP contribution in [0.5, 0.6) is 0 Å². The number of carbonyl (C=O) groups is 1. The van der Waals surface area contributed by atoms with Crippen molar-refractivity contribution in [3.8, 4) is 0 Å². The Morgan fingerprint density at radius 2 is 2.05 bits per heavy atom. The average Bonchev–Trinajstić information content (AvgIpc) is 2.43. The molecule has 21 heavy (non-hydrogen) atoms. The van der Waals surface area contributed by atoms with Crippen molar-refractivity contribution in [3.63, 3.8) is 0 Å². The average molecular weight is 316 g/mol. The maximum absolute atomic E-state index is 13.5. The van der Waals surface area contributed by atoms with Crippen molar-refractivity contribution in [1.29, 1.82) is 0 Å². The molecule has 6 nitrogen and oxygen atoms in total. The SMILES string of the molecule is Nc1ccc(F)c(NC(=O)CS(=O)(=O)C2CCOCC2)c1. The van der Waals surface area contributed by atoms with Crippen LogP contribution in [0.3, 0.4) is 0 Å². The Kier molecular flexibility index (Phi) is 4.79. The first-order valence-corrected chi connectivity index (χ1v) is 8.24. The van der Waals surface area contributed by atoms with Gasteiger partial charge in [-0.25, -0.2) is 12.8 Å². The van der Waals surface area contributed by atoms with Gasteiger partial charge in [-0.2, -0.15) is 0 Å². The first kappa shape index (κ1) is 15.7. The van der Waals surface area contributed by atoms with Gasteiger partial charge in [-0.15, -0.1) is 0 Å². The Bertz CT molecular complexity index is 627. The van der Waals surface area contributed by atoms with Crippen LogP contribution in [0.4, 0.5) is 15.8 Å². The van der Waals surface area contributed by atoms with Crippen molar-refractivity contribution in [1.82, 2.24) is 0 Å². The summed E-state index contributed by atoms with van der Waals surface area (Å²) >= 11 is 0. The molecular formula is C13H17FN2O4S. The third-order valence-corrected chi connectivity index (χ3v) is 5.42. The van der Waals surface area contributed by atoms with Crippen LogP contribution in [0.2, 0.25) is 0 Å². The van der Waals surface area contributed by atoms with E-state index in [0.29, 0.717) is 26.1 Å². The smallest absolute Gasteiger partial charge is 0.239 e. The summed E-state index contributed by atoms with van der Waals surface area (Å²) in [5.74, 6) is -2.11. The van der Waals surface area contributed by atoms with E-state index in [1.54, 1.807) is 0 Å². The fourth-order valence-corrected chi connectivity index (χ4v) is 3.74. The predicted octanol–water partition coefficient (Wildman–Crippen LogP) is 0.940. The minimum absolute atomic E-state index is 0.123. The molecule has 1 amide bonds. The highest BCUT2D eigenvalue weighted by molar-refractivity contribution is 7.92. The van der Waals surface area contributed by atoms with Gasteiger partial charge in [-0.3, -0.25) is 4.79 Å². The van der Waals surface area contributed by atoms with Crippen LogP contribution in [0.15, 0.2) is 18.2 Å². The molecule has 1 saturated heterocycles. The quantitative estimate of drug-likeness (QED) is 0.806. The van der Waals surface area contributed by atoms with Gasteiger partial charge < -0.3 is 15.8 Å². The van der Waals surface area contributed by atoms with E-state index in [4.69, 9.17) is 10.5 Å². The highest BCUT2D eigenvalue weighted by atomic mass is 32.2. The lowest BCUT2D eigenvalue weighted by Gasteiger charge is -2.21. The van der Waals surface area contributed by atoms with Gasteiger partial charge in [-0.05, 0) is 31.0 Å². The van der Waals surface area contributed by atoms with Gasteiger partial charge in [0, 0.05) is 18.9 Å². The number of rotatable bonds is 4. The Morgan fingerprint density at radius 1 is 1.38 bits per heavy atom. The lowest BCUT2D eigenvalue weighted by atomic mass is 10.2. The van der Waals surface area contributed by atoms with Crippen LogP contribution in [0, 0.1) is 5.82 Å². The Labute approximate surface area is 122 Å². The van der Waals surface area contributed by atoms with E-state index in [0.717, 1.165) is 6.07 Å². The number of hydrogen-bond acceptors (Lipinski definition) is 5. The molecule has 0 spiro atoms. The number of nitrogens with one attached hydrogen (secondary N) is 1. The molecule has 0 unspecified atom stereocenters. The largest absolute Gasteiger partial charge is 0.399 e. The van der Waals surface area contributed by atoms with Gasteiger partial charge in [0.15, 0.2) is 9.84 Å². The summed E-state index contributed by atoms with van der Waals surface area (Å²) in [6.45, 7) is 0.741. The maximum Gasteiger partial charge on any atom is 0.239 e. The molecule has 1 aromatic carbocycles. The molecule has 2 rings (SSSR count). The Balaban J connectivity index is 2.02. The zero-order valence-electron chi connectivity index (χ0n) is 11.3.